The lowest BCUT2D eigenvalue weighted by Crippen LogP contribution is -2.13. The number of rotatable bonds is 8. The number of aryl methyl sites for hydroxylation is 1. The number of nitrogens with zero attached hydrogens (tertiary/aromatic N) is 3. The summed E-state index contributed by atoms with van der Waals surface area (Å²) in [5.41, 5.74) is 5.22. The van der Waals surface area contributed by atoms with Crippen LogP contribution in [0.2, 0.25) is 0 Å². The first-order valence-electron chi connectivity index (χ1n) is 12.3. The highest BCUT2D eigenvalue weighted by atomic mass is 16.5. The molecule has 2 N–H and O–H groups in total. The van der Waals surface area contributed by atoms with Crippen LogP contribution in [-0.4, -0.2) is 35.0 Å². The van der Waals surface area contributed by atoms with Crippen molar-refractivity contribution in [3.63, 3.8) is 0 Å². The third-order valence-corrected chi connectivity index (χ3v) is 6.14. The highest BCUT2D eigenvalue weighted by Crippen LogP contribution is 2.34. The van der Waals surface area contributed by atoms with Crippen LogP contribution in [0.3, 0.4) is 0 Å². The molecule has 3 aromatic carbocycles. The minimum Gasteiger partial charge on any atom is -0.495 e. The van der Waals surface area contributed by atoms with Gasteiger partial charge in [0.2, 0.25) is 11.8 Å². The molecular weight excluding hydrogens is 490 g/mol. The standard InChI is InChI=1S/C31H27N5O3/c1-20-11-12-23(29(37)35-26-18-22(13-14-27(26)38-3)21-8-5-4-6-9-21)19-28(20)39-30-24(10-7-16-33-30)25-15-17-34-31(32-2)36-25/h4-19H,1-3H3,(H,35,37)(H,32,34,36). The molecule has 0 aliphatic carbocycles. The molecule has 0 atom stereocenters. The Kier molecular flexibility index (Phi) is 7.45. The Bertz CT molecular complexity index is 1620. The topological polar surface area (TPSA) is 98.3 Å². The van der Waals surface area contributed by atoms with Crippen molar-refractivity contribution in [2.24, 2.45) is 0 Å². The van der Waals surface area contributed by atoms with Crippen molar-refractivity contribution in [3.05, 3.63) is 108 Å². The van der Waals surface area contributed by atoms with Crippen LogP contribution in [0.15, 0.2) is 97.3 Å². The van der Waals surface area contributed by atoms with Crippen molar-refractivity contribution >= 4 is 17.5 Å². The molecule has 0 unspecified atom stereocenters. The van der Waals surface area contributed by atoms with Gasteiger partial charge in [0.05, 0.1) is 24.1 Å². The van der Waals surface area contributed by atoms with E-state index < -0.39 is 0 Å². The molecule has 0 bridgehead atoms. The van der Waals surface area contributed by atoms with Crippen LogP contribution in [0.25, 0.3) is 22.4 Å². The van der Waals surface area contributed by atoms with E-state index >= 15 is 0 Å². The molecule has 2 heterocycles. The molecular formula is C31H27N5O3. The van der Waals surface area contributed by atoms with Gasteiger partial charge in [-0.25, -0.2) is 15.0 Å². The predicted octanol–water partition coefficient (Wildman–Crippen LogP) is 6.61. The molecule has 0 aliphatic rings. The Morgan fingerprint density at radius 1 is 0.821 bits per heavy atom. The number of nitrogens with one attached hydrogen (secondary N) is 2. The van der Waals surface area contributed by atoms with Gasteiger partial charge in [-0.2, -0.15) is 0 Å². The average molecular weight is 518 g/mol. The average Bonchev–Trinajstić information content (AvgIpc) is 2.99. The van der Waals surface area contributed by atoms with Crippen molar-refractivity contribution < 1.29 is 14.3 Å². The van der Waals surface area contributed by atoms with E-state index in [1.165, 1.54) is 0 Å². The molecule has 0 aliphatic heterocycles. The van der Waals surface area contributed by atoms with Gasteiger partial charge in [0.25, 0.3) is 5.91 Å². The predicted molar refractivity (Wildman–Crippen MR) is 152 cm³/mol. The minimum atomic E-state index is -0.293. The third kappa shape index (κ3) is 5.70. The Morgan fingerprint density at radius 3 is 2.46 bits per heavy atom. The normalized spacial score (nSPS) is 10.5. The van der Waals surface area contributed by atoms with E-state index in [1.54, 1.807) is 44.8 Å². The number of ether oxygens (including phenoxy) is 2. The number of carbonyl (C=O) groups is 1. The molecule has 0 saturated carbocycles. The van der Waals surface area contributed by atoms with E-state index in [4.69, 9.17) is 9.47 Å². The summed E-state index contributed by atoms with van der Waals surface area (Å²) in [6.07, 6.45) is 3.32. The number of hydrogen-bond donors (Lipinski definition) is 2. The van der Waals surface area contributed by atoms with Crippen LogP contribution in [0, 0.1) is 6.92 Å². The largest absolute Gasteiger partial charge is 0.495 e. The lowest BCUT2D eigenvalue weighted by Gasteiger charge is -2.15. The smallest absolute Gasteiger partial charge is 0.255 e. The quantitative estimate of drug-likeness (QED) is 0.239. The second-order valence-electron chi connectivity index (χ2n) is 8.69. The number of aromatic nitrogens is 3. The number of amides is 1. The molecule has 5 rings (SSSR count). The van der Waals surface area contributed by atoms with Crippen LogP contribution >= 0.6 is 0 Å². The first-order chi connectivity index (χ1) is 19.1. The molecule has 39 heavy (non-hydrogen) atoms. The zero-order chi connectivity index (χ0) is 27.2. The van der Waals surface area contributed by atoms with Gasteiger partial charge in [-0.05, 0) is 66.1 Å². The number of pyridine rings is 1. The molecule has 0 radical (unpaired) electrons. The first kappa shape index (κ1) is 25.4. The number of methoxy groups -OCH3 is 1. The van der Waals surface area contributed by atoms with Crippen LogP contribution in [-0.2, 0) is 0 Å². The van der Waals surface area contributed by atoms with Gasteiger partial charge in [0.15, 0.2) is 0 Å². The summed E-state index contributed by atoms with van der Waals surface area (Å²) in [7, 11) is 3.33. The van der Waals surface area contributed by atoms with Gasteiger partial charge in [-0.3, -0.25) is 4.79 Å². The fraction of sp³-hybridized carbons (Fsp3) is 0.0968. The Labute approximate surface area is 226 Å². The summed E-state index contributed by atoms with van der Waals surface area (Å²) in [6, 6.07) is 26.4. The molecule has 0 spiro atoms. The third-order valence-electron chi connectivity index (χ3n) is 6.14. The van der Waals surface area contributed by atoms with Crippen LogP contribution in [0.5, 0.6) is 17.4 Å². The van der Waals surface area contributed by atoms with Crippen molar-refractivity contribution in [1.29, 1.82) is 0 Å². The van der Waals surface area contributed by atoms with Gasteiger partial charge in [-0.15, -0.1) is 0 Å². The highest BCUT2D eigenvalue weighted by Gasteiger charge is 2.16. The molecule has 194 valence electrons. The van der Waals surface area contributed by atoms with E-state index in [-0.39, 0.29) is 5.91 Å². The van der Waals surface area contributed by atoms with Gasteiger partial charge in [-0.1, -0.05) is 42.5 Å². The molecule has 1 amide bonds. The van der Waals surface area contributed by atoms with E-state index in [2.05, 4.69) is 25.6 Å². The van der Waals surface area contributed by atoms with Gasteiger partial charge in [0, 0.05) is 25.0 Å². The fourth-order valence-electron chi connectivity index (χ4n) is 4.06. The Morgan fingerprint density at radius 2 is 1.67 bits per heavy atom. The van der Waals surface area contributed by atoms with Crippen LogP contribution < -0.4 is 20.1 Å². The van der Waals surface area contributed by atoms with Gasteiger partial charge in [0.1, 0.15) is 11.5 Å². The summed E-state index contributed by atoms with van der Waals surface area (Å²) >= 11 is 0. The Hall–Kier alpha value is -5.24. The SMILES string of the molecule is CNc1nccc(-c2cccnc2Oc2cc(C(=O)Nc3cc(-c4ccccc4)ccc3OC)ccc2C)n1. The van der Waals surface area contributed by atoms with Gasteiger partial charge < -0.3 is 20.1 Å². The zero-order valence-corrected chi connectivity index (χ0v) is 21.8. The molecule has 8 nitrogen and oxygen atoms in total. The summed E-state index contributed by atoms with van der Waals surface area (Å²) in [5.74, 6) is 1.64. The van der Waals surface area contributed by atoms with E-state index in [9.17, 15) is 4.79 Å². The zero-order valence-electron chi connectivity index (χ0n) is 21.8. The number of benzene rings is 3. The molecule has 8 heteroatoms. The molecule has 2 aromatic heterocycles. The van der Waals surface area contributed by atoms with Gasteiger partial charge >= 0.3 is 0 Å². The monoisotopic (exact) mass is 517 g/mol. The van der Waals surface area contributed by atoms with Crippen molar-refractivity contribution in [2.75, 3.05) is 24.8 Å². The number of hydrogen-bond acceptors (Lipinski definition) is 7. The van der Waals surface area contributed by atoms with E-state index in [0.29, 0.717) is 45.8 Å². The van der Waals surface area contributed by atoms with Crippen molar-refractivity contribution in [1.82, 2.24) is 15.0 Å². The maximum Gasteiger partial charge on any atom is 0.255 e. The molecule has 0 fully saturated rings. The Balaban J connectivity index is 1.42. The van der Waals surface area contributed by atoms with Crippen LogP contribution in [0.1, 0.15) is 15.9 Å². The lowest BCUT2D eigenvalue weighted by atomic mass is 10.0. The first-order valence-corrected chi connectivity index (χ1v) is 12.3. The second kappa shape index (κ2) is 11.4. The minimum absolute atomic E-state index is 0.293. The van der Waals surface area contributed by atoms with E-state index in [0.717, 1.165) is 16.7 Å². The van der Waals surface area contributed by atoms with Crippen LogP contribution in [0.4, 0.5) is 11.6 Å². The van der Waals surface area contributed by atoms with Crippen molar-refractivity contribution in [3.8, 4) is 39.8 Å². The summed E-state index contributed by atoms with van der Waals surface area (Å²) < 4.78 is 11.7. The number of carbonyl (C=O) groups excluding carboxylic acids is 1. The summed E-state index contributed by atoms with van der Waals surface area (Å²) in [5, 5.41) is 5.93. The lowest BCUT2D eigenvalue weighted by molar-refractivity contribution is 0.102. The molecule has 5 aromatic rings. The maximum absolute atomic E-state index is 13.3. The summed E-state index contributed by atoms with van der Waals surface area (Å²) in [4.78, 5) is 26.5. The van der Waals surface area contributed by atoms with E-state index in [1.807, 2.05) is 73.7 Å². The summed E-state index contributed by atoms with van der Waals surface area (Å²) in [6.45, 7) is 1.91. The maximum atomic E-state index is 13.3. The highest BCUT2D eigenvalue weighted by molar-refractivity contribution is 6.05. The van der Waals surface area contributed by atoms with Crippen molar-refractivity contribution in [2.45, 2.75) is 6.92 Å². The fourth-order valence-corrected chi connectivity index (χ4v) is 4.06. The number of anilines is 2. The second-order valence-corrected chi connectivity index (χ2v) is 8.69. The molecule has 0 saturated heterocycles.